The number of piperidine rings is 1. The van der Waals surface area contributed by atoms with Crippen molar-refractivity contribution in [2.75, 3.05) is 39.3 Å². The van der Waals surface area contributed by atoms with Crippen LogP contribution in [0.4, 0.5) is 0 Å². The van der Waals surface area contributed by atoms with E-state index in [1.54, 1.807) is 0 Å². The predicted molar refractivity (Wildman–Crippen MR) is 129 cm³/mol. The Bertz CT molecular complexity index is 794. The van der Waals surface area contributed by atoms with Crippen molar-refractivity contribution < 1.29 is 14.3 Å². The lowest BCUT2D eigenvalue weighted by Gasteiger charge is -2.32. The molecule has 3 aliphatic rings. The number of nitrogens with zero attached hydrogens (tertiary/aromatic N) is 2. The summed E-state index contributed by atoms with van der Waals surface area (Å²) in [6, 6.07) is 10.6. The van der Waals surface area contributed by atoms with E-state index in [0.29, 0.717) is 31.7 Å². The van der Waals surface area contributed by atoms with Gasteiger partial charge in [0.15, 0.2) is 0 Å². The highest BCUT2D eigenvalue weighted by molar-refractivity contribution is 5.94. The predicted octanol–water partition coefficient (Wildman–Crippen LogP) is 2.16. The van der Waals surface area contributed by atoms with E-state index in [2.05, 4.69) is 64.6 Å². The molecule has 4 rings (SSSR count). The lowest BCUT2D eigenvalue weighted by molar-refractivity contribution is -0.128. The molecule has 2 amide bonds. The van der Waals surface area contributed by atoms with Gasteiger partial charge in [-0.15, -0.1) is 0 Å². The molecule has 0 unspecified atom stereocenters. The van der Waals surface area contributed by atoms with E-state index in [0.717, 1.165) is 58.4 Å². The number of benzene rings is 1. The van der Waals surface area contributed by atoms with Crippen LogP contribution < -0.4 is 10.6 Å². The number of ether oxygens (including phenoxy) is 1. The number of likely N-dealkylation sites (tertiary alicyclic amines) is 2. The summed E-state index contributed by atoms with van der Waals surface area (Å²) in [5.41, 5.74) is 0.979. The van der Waals surface area contributed by atoms with E-state index in [4.69, 9.17) is 4.74 Å². The fourth-order valence-electron chi connectivity index (χ4n) is 5.43. The van der Waals surface area contributed by atoms with Crippen LogP contribution in [0.25, 0.3) is 0 Å². The Labute approximate surface area is 198 Å². The quantitative estimate of drug-likeness (QED) is 0.557. The molecule has 1 spiro atoms. The zero-order valence-electron chi connectivity index (χ0n) is 20.2. The van der Waals surface area contributed by atoms with Crippen molar-refractivity contribution in [2.24, 2.45) is 5.41 Å². The Kier molecular flexibility index (Phi) is 8.04. The molecule has 7 heteroatoms. The van der Waals surface area contributed by atoms with Gasteiger partial charge in [0.25, 0.3) is 0 Å². The largest absolute Gasteiger partial charge is 0.378 e. The maximum atomic E-state index is 12.6. The molecule has 0 bridgehead atoms. The van der Waals surface area contributed by atoms with Crippen LogP contribution in [0.15, 0.2) is 30.3 Å². The molecule has 3 aliphatic heterocycles. The zero-order chi connectivity index (χ0) is 23.3. The van der Waals surface area contributed by atoms with Gasteiger partial charge in [0.05, 0.1) is 11.5 Å². The van der Waals surface area contributed by atoms with Gasteiger partial charge in [-0.05, 0) is 58.1 Å². The van der Waals surface area contributed by atoms with Crippen molar-refractivity contribution in [1.82, 2.24) is 20.4 Å². The lowest BCUT2D eigenvalue weighted by Crippen LogP contribution is -2.42. The van der Waals surface area contributed by atoms with E-state index in [9.17, 15) is 9.59 Å². The summed E-state index contributed by atoms with van der Waals surface area (Å²) in [7, 11) is 0. The van der Waals surface area contributed by atoms with Gasteiger partial charge in [-0.1, -0.05) is 30.3 Å². The Morgan fingerprint density at radius 1 is 1.21 bits per heavy atom. The van der Waals surface area contributed by atoms with Crippen molar-refractivity contribution >= 4 is 11.8 Å². The molecule has 3 saturated heterocycles. The van der Waals surface area contributed by atoms with Crippen molar-refractivity contribution in [3.63, 3.8) is 0 Å². The monoisotopic (exact) mass is 456 g/mol. The van der Waals surface area contributed by atoms with Crippen molar-refractivity contribution in [1.29, 1.82) is 0 Å². The molecular formula is C26H40N4O3. The maximum absolute atomic E-state index is 12.6. The van der Waals surface area contributed by atoms with E-state index >= 15 is 0 Å². The maximum Gasteiger partial charge on any atom is 0.242 e. The van der Waals surface area contributed by atoms with Crippen LogP contribution in [0.5, 0.6) is 0 Å². The molecule has 0 aliphatic carbocycles. The molecular weight excluding hydrogens is 416 g/mol. The van der Waals surface area contributed by atoms with Crippen LogP contribution in [-0.2, 0) is 20.9 Å². The number of hydrogen-bond donors (Lipinski definition) is 2. The SMILES string of the molecule is CC(C)N1CC[C@@]2(C[C@@H](C(=O)NCCCOC3CCN(Cc4ccccc4)CC3)NC2=O)C1. The normalized spacial score (nSPS) is 26.9. The first-order chi connectivity index (χ1) is 15.9. The summed E-state index contributed by atoms with van der Waals surface area (Å²) in [6.07, 6.45) is 4.68. The molecule has 7 nitrogen and oxygen atoms in total. The topological polar surface area (TPSA) is 73.9 Å². The Morgan fingerprint density at radius 3 is 2.67 bits per heavy atom. The summed E-state index contributed by atoms with van der Waals surface area (Å²) in [4.78, 5) is 30.1. The minimum atomic E-state index is -0.403. The number of rotatable bonds is 9. The fraction of sp³-hybridized carbons (Fsp3) is 0.692. The molecule has 0 radical (unpaired) electrons. The van der Waals surface area contributed by atoms with Crippen LogP contribution in [0, 0.1) is 5.41 Å². The number of nitrogens with one attached hydrogen (secondary N) is 2. The minimum Gasteiger partial charge on any atom is -0.378 e. The van der Waals surface area contributed by atoms with E-state index in [-0.39, 0.29) is 17.2 Å². The second-order valence-corrected chi connectivity index (χ2v) is 10.3. The number of hydrogen-bond acceptors (Lipinski definition) is 5. The van der Waals surface area contributed by atoms with Gasteiger partial charge in [0, 0.05) is 45.4 Å². The van der Waals surface area contributed by atoms with Crippen molar-refractivity contribution in [3.05, 3.63) is 35.9 Å². The molecule has 2 atom stereocenters. The zero-order valence-corrected chi connectivity index (χ0v) is 20.2. The van der Waals surface area contributed by atoms with Crippen molar-refractivity contribution in [3.8, 4) is 0 Å². The molecule has 33 heavy (non-hydrogen) atoms. The Morgan fingerprint density at radius 2 is 1.97 bits per heavy atom. The smallest absolute Gasteiger partial charge is 0.242 e. The van der Waals surface area contributed by atoms with Crippen LogP contribution in [-0.4, -0.2) is 79.1 Å². The second-order valence-electron chi connectivity index (χ2n) is 10.3. The highest BCUT2D eigenvalue weighted by Crippen LogP contribution is 2.40. The fourth-order valence-corrected chi connectivity index (χ4v) is 5.43. The number of amides is 2. The average molecular weight is 457 g/mol. The van der Waals surface area contributed by atoms with E-state index < -0.39 is 6.04 Å². The van der Waals surface area contributed by atoms with Crippen LogP contribution in [0.1, 0.15) is 51.5 Å². The first-order valence-electron chi connectivity index (χ1n) is 12.7. The first-order valence-corrected chi connectivity index (χ1v) is 12.7. The van der Waals surface area contributed by atoms with Gasteiger partial charge in [-0.25, -0.2) is 0 Å². The van der Waals surface area contributed by atoms with Gasteiger partial charge in [0.1, 0.15) is 6.04 Å². The first kappa shape index (κ1) is 24.2. The molecule has 3 heterocycles. The third-order valence-corrected chi connectivity index (χ3v) is 7.57. The van der Waals surface area contributed by atoms with Crippen molar-refractivity contribution in [2.45, 2.75) is 70.7 Å². The summed E-state index contributed by atoms with van der Waals surface area (Å²) in [5.74, 6) is -0.00909. The summed E-state index contributed by atoms with van der Waals surface area (Å²) in [5, 5.41) is 5.95. The number of carbonyl (C=O) groups is 2. The second kappa shape index (κ2) is 11.0. The van der Waals surface area contributed by atoms with Gasteiger partial charge in [-0.3, -0.25) is 19.4 Å². The molecule has 0 aromatic heterocycles. The van der Waals surface area contributed by atoms with Gasteiger partial charge < -0.3 is 15.4 Å². The average Bonchev–Trinajstić information content (AvgIpc) is 3.39. The van der Waals surface area contributed by atoms with Gasteiger partial charge in [0.2, 0.25) is 11.8 Å². The molecule has 2 N–H and O–H groups in total. The standard InChI is InChI=1S/C26H40N4O3/c1-20(2)30-15-11-26(19-30)17-23(28-25(26)32)24(31)27-12-6-16-33-22-9-13-29(14-10-22)18-21-7-4-3-5-8-21/h3-5,7-8,20,22-23H,6,9-19H2,1-2H3,(H,27,31)(H,28,32)/t23-,26+/m0/s1. The Hall–Kier alpha value is -1.96. The van der Waals surface area contributed by atoms with Crippen LogP contribution >= 0.6 is 0 Å². The summed E-state index contributed by atoms with van der Waals surface area (Å²) in [6.45, 7) is 10.4. The van der Waals surface area contributed by atoms with Gasteiger partial charge in [-0.2, -0.15) is 0 Å². The molecule has 0 saturated carbocycles. The third-order valence-electron chi connectivity index (χ3n) is 7.57. The van der Waals surface area contributed by atoms with Gasteiger partial charge >= 0.3 is 0 Å². The minimum absolute atomic E-state index is 0.0488. The molecule has 1 aromatic rings. The molecule has 3 fully saturated rings. The summed E-state index contributed by atoms with van der Waals surface area (Å²) < 4.78 is 6.06. The molecule has 182 valence electrons. The number of carbonyl (C=O) groups excluding carboxylic acids is 2. The van der Waals surface area contributed by atoms with Crippen LogP contribution in [0.3, 0.4) is 0 Å². The van der Waals surface area contributed by atoms with E-state index in [1.165, 1.54) is 5.56 Å². The Balaban J connectivity index is 1.08. The lowest BCUT2D eigenvalue weighted by atomic mass is 9.84. The highest BCUT2D eigenvalue weighted by Gasteiger charge is 2.52. The van der Waals surface area contributed by atoms with Crippen LogP contribution in [0.2, 0.25) is 0 Å². The molecule has 1 aromatic carbocycles. The summed E-state index contributed by atoms with van der Waals surface area (Å²) >= 11 is 0. The highest BCUT2D eigenvalue weighted by atomic mass is 16.5. The van der Waals surface area contributed by atoms with E-state index in [1.807, 2.05) is 0 Å². The third kappa shape index (κ3) is 6.14.